The van der Waals surface area contributed by atoms with Crippen LogP contribution in [-0.2, 0) is 6.54 Å². The number of likely N-dealkylation sites (N-methyl/N-ethyl adjacent to an activating group) is 1. The van der Waals surface area contributed by atoms with Crippen molar-refractivity contribution in [2.75, 3.05) is 44.7 Å². The number of pyridine rings is 1. The molecule has 2 rings (SSSR count). The molecule has 0 amide bonds. The van der Waals surface area contributed by atoms with Gasteiger partial charge in [0.15, 0.2) is 5.96 Å². The number of nitrogens with one attached hydrogen (secondary N) is 1. The van der Waals surface area contributed by atoms with Crippen LogP contribution in [0.15, 0.2) is 23.3 Å². The summed E-state index contributed by atoms with van der Waals surface area (Å²) in [5, 5.41) is 3.11. The molecule has 2 heterocycles. The maximum absolute atomic E-state index is 5.84. The van der Waals surface area contributed by atoms with Gasteiger partial charge in [-0.2, -0.15) is 0 Å². The monoisotopic (exact) mass is 304 g/mol. The van der Waals surface area contributed by atoms with Crippen LogP contribution in [0.2, 0.25) is 0 Å². The van der Waals surface area contributed by atoms with Crippen molar-refractivity contribution in [2.24, 2.45) is 16.6 Å². The summed E-state index contributed by atoms with van der Waals surface area (Å²) in [6.07, 6.45) is 1.90. The third kappa shape index (κ3) is 5.18. The summed E-state index contributed by atoms with van der Waals surface area (Å²) < 4.78 is 0. The van der Waals surface area contributed by atoms with Crippen molar-refractivity contribution in [3.63, 3.8) is 0 Å². The number of nitrogens with two attached hydrogens (primary N) is 1. The van der Waals surface area contributed by atoms with Gasteiger partial charge in [-0.1, -0.05) is 19.9 Å². The minimum Gasteiger partial charge on any atom is -0.370 e. The van der Waals surface area contributed by atoms with Gasteiger partial charge in [-0.15, -0.1) is 0 Å². The zero-order valence-corrected chi connectivity index (χ0v) is 13.9. The lowest BCUT2D eigenvalue weighted by molar-refractivity contribution is 0.312. The van der Waals surface area contributed by atoms with Crippen LogP contribution in [0.5, 0.6) is 0 Å². The Labute approximate surface area is 133 Å². The van der Waals surface area contributed by atoms with Gasteiger partial charge in [0.1, 0.15) is 5.82 Å². The van der Waals surface area contributed by atoms with Crippen LogP contribution < -0.4 is 16.0 Å². The molecule has 1 fully saturated rings. The summed E-state index contributed by atoms with van der Waals surface area (Å²) in [6, 6.07) is 4.16. The fourth-order valence-electron chi connectivity index (χ4n) is 2.27. The van der Waals surface area contributed by atoms with Crippen molar-refractivity contribution in [1.82, 2.24) is 15.2 Å². The average molecular weight is 304 g/mol. The molecule has 0 bridgehead atoms. The molecule has 0 saturated carbocycles. The van der Waals surface area contributed by atoms with Gasteiger partial charge in [0.25, 0.3) is 0 Å². The Morgan fingerprint density at radius 1 is 1.32 bits per heavy atom. The van der Waals surface area contributed by atoms with Gasteiger partial charge >= 0.3 is 0 Å². The Kier molecular flexibility index (Phi) is 6.00. The van der Waals surface area contributed by atoms with E-state index in [1.807, 2.05) is 6.20 Å². The maximum atomic E-state index is 5.84. The average Bonchev–Trinajstić information content (AvgIpc) is 2.52. The van der Waals surface area contributed by atoms with E-state index in [2.05, 4.69) is 58.1 Å². The number of nitrogens with zero attached hydrogens (tertiary/aromatic N) is 4. The minimum absolute atomic E-state index is 0.497. The number of rotatable bonds is 5. The summed E-state index contributed by atoms with van der Waals surface area (Å²) in [5.41, 5.74) is 6.91. The Morgan fingerprint density at radius 3 is 2.64 bits per heavy atom. The molecule has 0 spiro atoms. The second-order valence-electron chi connectivity index (χ2n) is 6.29. The van der Waals surface area contributed by atoms with Crippen molar-refractivity contribution in [1.29, 1.82) is 0 Å². The largest absolute Gasteiger partial charge is 0.370 e. The van der Waals surface area contributed by atoms with Gasteiger partial charge in [0, 0.05) is 38.9 Å². The van der Waals surface area contributed by atoms with Crippen LogP contribution >= 0.6 is 0 Å². The van der Waals surface area contributed by atoms with E-state index in [4.69, 9.17) is 5.73 Å². The number of anilines is 1. The van der Waals surface area contributed by atoms with Crippen molar-refractivity contribution in [3.05, 3.63) is 23.9 Å². The highest BCUT2D eigenvalue weighted by Crippen LogP contribution is 2.13. The van der Waals surface area contributed by atoms with Crippen LogP contribution in [0, 0.1) is 5.92 Å². The molecule has 1 saturated heterocycles. The molecule has 6 nitrogen and oxygen atoms in total. The summed E-state index contributed by atoms with van der Waals surface area (Å²) in [5.74, 6) is 2.10. The van der Waals surface area contributed by atoms with Crippen molar-refractivity contribution in [3.8, 4) is 0 Å². The predicted octanol–water partition coefficient (Wildman–Crippen LogP) is 0.894. The topological polar surface area (TPSA) is 69.8 Å². The van der Waals surface area contributed by atoms with Gasteiger partial charge in [-0.3, -0.25) is 0 Å². The molecule has 1 aromatic heterocycles. The molecular formula is C16H28N6. The highest BCUT2D eigenvalue weighted by atomic mass is 15.3. The highest BCUT2D eigenvalue weighted by molar-refractivity contribution is 5.77. The molecule has 0 atom stereocenters. The van der Waals surface area contributed by atoms with Crippen LogP contribution in [0.4, 0.5) is 5.82 Å². The molecular weight excluding hydrogens is 276 g/mol. The fourth-order valence-corrected chi connectivity index (χ4v) is 2.27. The summed E-state index contributed by atoms with van der Waals surface area (Å²) >= 11 is 0. The predicted molar refractivity (Wildman–Crippen MR) is 92.1 cm³/mol. The summed E-state index contributed by atoms with van der Waals surface area (Å²) in [6.45, 7) is 9.93. The Hall–Kier alpha value is -1.82. The van der Waals surface area contributed by atoms with Crippen LogP contribution in [-0.4, -0.2) is 55.6 Å². The molecule has 0 aliphatic carbocycles. The van der Waals surface area contributed by atoms with E-state index >= 15 is 0 Å². The molecule has 0 unspecified atom stereocenters. The number of hydrogen-bond donors (Lipinski definition) is 2. The number of guanidine groups is 1. The molecule has 0 aromatic carbocycles. The van der Waals surface area contributed by atoms with Gasteiger partial charge in [0.2, 0.25) is 0 Å². The molecule has 1 aliphatic heterocycles. The first kappa shape index (κ1) is 16.5. The maximum Gasteiger partial charge on any atom is 0.188 e. The summed E-state index contributed by atoms with van der Waals surface area (Å²) in [7, 11) is 2.16. The molecule has 3 N–H and O–H groups in total. The molecule has 1 aromatic rings. The third-order valence-electron chi connectivity index (χ3n) is 3.76. The van der Waals surface area contributed by atoms with E-state index in [1.54, 1.807) is 0 Å². The molecule has 1 aliphatic rings. The lowest BCUT2D eigenvalue weighted by Crippen LogP contribution is -2.44. The number of piperazine rings is 1. The van der Waals surface area contributed by atoms with Gasteiger partial charge in [-0.05, 0) is 24.6 Å². The van der Waals surface area contributed by atoms with Crippen LogP contribution in [0.1, 0.15) is 19.4 Å². The zero-order chi connectivity index (χ0) is 15.9. The second kappa shape index (κ2) is 7.98. The zero-order valence-electron chi connectivity index (χ0n) is 13.9. The number of aromatic nitrogens is 1. The Balaban J connectivity index is 1.85. The van der Waals surface area contributed by atoms with Gasteiger partial charge < -0.3 is 20.9 Å². The van der Waals surface area contributed by atoms with Gasteiger partial charge in [0.05, 0.1) is 6.54 Å². The number of aliphatic imine (C=N–C) groups is 1. The van der Waals surface area contributed by atoms with E-state index in [1.165, 1.54) is 0 Å². The van der Waals surface area contributed by atoms with Crippen LogP contribution in [0.3, 0.4) is 0 Å². The molecule has 22 heavy (non-hydrogen) atoms. The first-order valence-corrected chi connectivity index (χ1v) is 7.97. The van der Waals surface area contributed by atoms with E-state index in [0.29, 0.717) is 18.4 Å². The Morgan fingerprint density at radius 2 is 2.05 bits per heavy atom. The van der Waals surface area contributed by atoms with Crippen molar-refractivity contribution in [2.45, 2.75) is 20.4 Å². The van der Waals surface area contributed by atoms with E-state index in [9.17, 15) is 0 Å². The summed E-state index contributed by atoms with van der Waals surface area (Å²) in [4.78, 5) is 13.6. The highest BCUT2D eigenvalue weighted by Gasteiger charge is 2.14. The first-order chi connectivity index (χ1) is 10.5. The first-order valence-electron chi connectivity index (χ1n) is 7.97. The second-order valence-corrected chi connectivity index (χ2v) is 6.29. The lowest BCUT2D eigenvalue weighted by Gasteiger charge is -2.33. The smallest absolute Gasteiger partial charge is 0.188 e. The van der Waals surface area contributed by atoms with E-state index < -0.39 is 0 Å². The lowest BCUT2D eigenvalue weighted by atomic mass is 10.2. The van der Waals surface area contributed by atoms with Crippen molar-refractivity contribution < 1.29 is 0 Å². The molecule has 122 valence electrons. The standard InChI is InChI=1S/C16H28N6/c1-13(2)10-19-16(17)20-12-14-4-5-15(18-11-14)22-8-6-21(3)7-9-22/h4-5,11,13H,6-10,12H2,1-3H3,(H3,17,19,20). The van der Waals surface area contributed by atoms with Crippen molar-refractivity contribution >= 4 is 11.8 Å². The number of hydrogen-bond acceptors (Lipinski definition) is 4. The quantitative estimate of drug-likeness (QED) is 0.625. The minimum atomic E-state index is 0.497. The fraction of sp³-hybridized carbons (Fsp3) is 0.625. The Bertz CT molecular complexity index is 474. The SMILES string of the molecule is CC(C)CNC(N)=NCc1ccc(N2CCN(C)CC2)nc1. The van der Waals surface area contributed by atoms with E-state index in [-0.39, 0.29) is 0 Å². The van der Waals surface area contributed by atoms with Crippen LogP contribution in [0.25, 0.3) is 0 Å². The molecule has 0 radical (unpaired) electrons. The third-order valence-corrected chi connectivity index (χ3v) is 3.76. The van der Waals surface area contributed by atoms with E-state index in [0.717, 1.165) is 44.1 Å². The molecule has 6 heteroatoms. The normalized spacial score (nSPS) is 17.1. The van der Waals surface area contributed by atoms with Gasteiger partial charge in [-0.25, -0.2) is 9.98 Å².